The summed E-state index contributed by atoms with van der Waals surface area (Å²) >= 11 is 0. The minimum Gasteiger partial charge on any atom is -0.507 e. The van der Waals surface area contributed by atoms with Gasteiger partial charge in [-0.2, -0.15) is 0 Å². The van der Waals surface area contributed by atoms with Crippen molar-refractivity contribution in [3.8, 4) is 11.5 Å². The summed E-state index contributed by atoms with van der Waals surface area (Å²) in [5.41, 5.74) is 1.97. The fourth-order valence-electron chi connectivity index (χ4n) is 3.27. The third-order valence-electron chi connectivity index (χ3n) is 4.52. The SMILES string of the molecule is Cc1cccc(C(=O)Nc2cccc3c(O)c4ccccc4c(O)c23)c1. The molecule has 0 radical (unpaired) electrons. The average molecular weight is 343 g/mol. The molecule has 0 saturated carbocycles. The highest BCUT2D eigenvalue weighted by Gasteiger charge is 2.17. The van der Waals surface area contributed by atoms with Crippen molar-refractivity contribution in [3.63, 3.8) is 0 Å². The van der Waals surface area contributed by atoms with Gasteiger partial charge in [0.2, 0.25) is 0 Å². The summed E-state index contributed by atoms with van der Waals surface area (Å²) in [6, 6.07) is 19.5. The standard InChI is InChI=1S/C22H17NO3/c1-13-6-4-7-14(12-13)22(26)23-18-11-5-10-17-19(18)21(25)16-9-3-2-8-15(16)20(17)24/h2-12,24-25H,1H3,(H,23,26). The molecule has 0 aliphatic rings. The van der Waals surface area contributed by atoms with Crippen LogP contribution in [0, 0.1) is 6.92 Å². The van der Waals surface area contributed by atoms with Gasteiger partial charge in [-0.05, 0) is 25.1 Å². The second-order valence-electron chi connectivity index (χ2n) is 6.29. The molecule has 0 heterocycles. The highest BCUT2D eigenvalue weighted by molar-refractivity contribution is 6.17. The van der Waals surface area contributed by atoms with Crippen LogP contribution in [0.5, 0.6) is 11.5 Å². The first kappa shape index (κ1) is 16.0. The molecular formula is C22H17NO3. The third-order valence-corrected chi connectivity index (χ3v) is 4.52. The second-order valence-corrected chi connectivity index (χ2v) is 6.29. The molecule has 0 spiro atoms. The fourth-order valence-corrected chi connectivity index (χ4v) is 3.27. The van der Waals surface area contributed by atoms with E-state index in [0.29, 0.717) is 32.8 Å². The van der Waals surface area contributed by atoms with Crippen LogP contribution in [-0.2, 0) is 0 Å². The first-order valence-corrected chi connectivity index (χ1v) is 8.29. The number of aryl methyl sites for hydroxylation is 1. The van der Waals surface area contributed by atoms with Gasteiger partial charge in [-0.3, -0.25) is 4.79 Å². The van der Waals surface area contributed by atoms with Crippen LogP contribution in [-0.4, -0.2) is 16.1 Å². The molecule has 26 heavy (non-hydrogen) atoms. The van der Waals surface area contributed by atoms with Crippen molar-refractivity contribution in [2.75, 3.05) is 5.32 Å². The Bertz CT molecular complexity index is 1160. The number of amides is 1. The van der Waals surface area contributed by atoms with Gasteiger partial charge in [0.25, 0.3) is 5.91 Å². The number of aromatic hydroxyl groups is 2. The molecule has 1 amide bonds. The van der Waals surface area contributed by atoms with Crippen LogP contribution in [0.3, 0.4) is 0 Å². The summed E-state index contributed by atoms with van der Waals surface area (Å²) in [5, 5.41) is 26.3. The van der Waals surface area contributed by atoms with E-state index in [0.717, 1.165) is 5.56 Å². The lowest BCUT2D eigenvalue weighted by molar-refractivity contribution is 0.102. The first-order chi connectivity index (χ1) is 12.6. The molecule has 4 aromatic carbocycles. The average Bonchev–Trinajstić information content (AvgIpc) is 2.66. The lowest BCUT2D eigenvalue weighted by Gasteiger charge is -2.14. The van der Waals surface area contributed by atoms with Crippen LogP contribution < -0.4 is 5.32 Å². The summed E-state index contributed by atoms with van der Waals surface area (Å²) in [6.07, 6.45) is 0. The van der Waals surface area contributed by atoms with E-state index in [9.17, 15) is 15.0 Å². The van der Waals surface area contributed by atoms with Crippen LogP contribution in [0.25, 0.3) is 21.5 Å². The Labute approximate surface area is 150 Å². The van der Waals surface area contributed by atoms with E-state index < -0.39 is 0 Å². The van der Waals surface area contributed by atoms with Gasteiger partial charge >= 0.3 is 0 Å². The number of benzene rings is 4. The van der Waals surface area contributed by atoms with E-state index in [1.807, 2.05) is 19.1 Å². The molecule has 0 aromatic heterocycles. The fraction of sp³-hybridized carbons (Fsp3) is 0.0455. The molecule has 0 aliphatic carbocycles. The summed E-state index contributed by atoms with van der Waals surface area (Å²) in [6.45, 7) is 1.92. The topological polar surface area (TPSA) is 69.6 Å². The highest BCUT2D eigenvalue weighted by Crippen LogP contribution is 2.44. The zero-order valence-corrected chi connectivity index (χ0v) is 14.2. The smallest absolute Gasteiger partial charge is 0.255 e. The van der Waals surface area contributed by atoms with Crippen LogP contribution >= 0.6 is 0 Å². The van der Waals surface area contributed by atoms with Crippen LogP contribution in [0.2, 0.25) is 0 Å². The van der Waals surface area contributed by atoms with Crippen molar-refractivity contribution in [3.05, 3.63) is 77.9 Å². The molecular weight excluding hydrogens is 326 g/mol. The maximum atomic E-state index is 12.6. The van der Waals surface area contributed by atoms with Gasteiger partial charge in [-0.1, -0.05) is 54.1 Å². The van der Waals surface area contributed by atoms with E-state index in [2.05, 4.69) is 5.32 Å². The lowest BCUT2D eigenvalue weighted by Crippen LogP contribution is -2.12. The van der Waals surface area contributed by atoms with Crippen molar-refractivity contribution in [1.82, 2.24) is 0 Å². The number of nitrogens with one attached hydrogen (secondary N) is 1. The quantitative estimate of drug-likeness (QED) is 0.356. The summed E-state index contributed by atoms with van der Waals surface area (Å²) < 4.78 is 0. The Hall–Kier alpha value is -3.53. The monoisotopic (exact) mass is 343 g/mol. The Morgan fingerprint density at radius 1 is 0.808 bits per heavy atom. The molecule has 0 bridgehead atoms. The molecule has 0 fully saturated rings. The van der Waals surface area contributed by atoms with Crippen molar-refractivity contribution >= 4 is 33.1 Å². The highest BCUT2D eigenvalue weighted by atomic mass is 16.3. The van der Waals surface area contributed by atoms with Gasteiger partial charge in [0.15, 0.2) is 0 Å². The van der Waals surface area contributed by atoms with Crippen LogP contribution in [0.4, 0.5) is 5.69 Å². The number of anilines is 1. The molecule has 0 unspecified atom stereocenters. The van der Waals surface area contributed by atoms with E-state index in [4.69, 9.17) is 0 Å². The predicted molar refractivity (Wildman–Crippen MR) is 104 cm³/mol. The number of phenols is 2. The molecule has 4 rings (SSSR count). The molecule has 128 valence electrons. The summed E-state index contributed by atoms with van der Waals surface area (Å²) in [4.78, 5) is 12.6. The van der Waals surface area contributed by atoms with E-state index >= 15 is 0 Å². The van der Waals surface area contributed by atoms with Gasteiger partial charge < -0.3 is 15.5 Å². The van der Waals surface area contributed by atoms with E-state index in [-0.39, 0.29) is 17.4 Å². The van der Waals surface area contributed by atoms with Gasteiger partial charge in [0.05, 0.1) is 11.1 Å². The maximum Gasteiger partial charge on any atom is 0.255 e. The number of fused-ring (bicyclic) bond motifs is 2. The molecule has 4 heteroatoms. The molecule has 0 saturated heterocycles. The number of carbonyl (C=O) groups is 1. The number of hydrogen-bond acceptors (Lipinski definition) is 3. The van der Waals surface area contributed by atoms with Gasteiger partial charge in [-0.15, -0.1) is 0 Å². The third kappa shape index (κ3) is 2.52. The Morgan fingerprint density at radius 2 is 1.46 bits per heavy atom. The van der Waals surface area contributed by atoms with Crippen molar-refractivity contribution < 1.29 is 15.0 Å². The Kier molecular flexibility index (Phi) is 3.73. The van der Waals surface area contributed by atoms with Crippen molar-refractivity contribution in [2.45, 2.75) is 6.92 Å². The largest absolute Gasteiger partial charge is 0.507 e. The van der Waals surface area contributed by atoms with Crippen LogP contribution in [0.1, 0.15) is 15.9 Å². The Morgan fingerprint density at radius 3 is 2.19 bits per heavy atom. The zero-order chi connectivity index (χ0) is 18.3. The molecule has 0 atom stereocenters. The molecule has 4 nitrogen and oxygen atoms in total. The molecule has 3 N–H and O–H groups in total. The van der Waals surface area contributed by atoms with E-state index in [1.54, 1.807) is 54.6 Å². The predicted octanol–water partition coefficient (Wildman–Crippen LogP) is 4.96. The number of rotatable bonds is 2. The number of phenolic OH excluding ortho intramolecular Hbond substituents is 2. The molecule has 4 aromatic rings. The van der Waals surface area contributed by atoms with Gasteiger partial charge in [-0.25, -0.2) is 0 Å². The van der Waals surface area contributed by atoms with Crippen LogP contribution in [0.15, 0.2) is 66.7 Å². The normalized spacial score (nSPS) is 11.0. The zero-order valence-electron chi connectivity index (χ0n) is 14.2. The van der Waals surface area contributed by atoms with Crippen molar-refractivity contribution in [1.29, 1.82) is 0 Å². The molecule has 0 aliphatic heterocycles. The van der Waals surface area contributed by atoms with Gasteiger partial charge in [0, 0.05) is 21.7 Å². The number of hydrogen-bond donors (Lipinski definition) is 3. The first-order valence-electron chi connectivity index (χ1n) is 8.29. The maximum absolute atomic E-state index is 12.6. The van der Waals surface area contributed by atoms with E-state index in [1.165, 1.54) is 0 Å². The summed E-state index contributed by atoms with van der Waals surface area (Å²) in [7, 11) is 0. The van der Waals surface area contributed by atoms with Gasteiger partial charge in [0.1, 0.15) is 11.5 Å². The summed E-state index contributed by atoms with van der Waals surface area (Å²) in [5.74, 6) is -0.151. The lowest BCUT2D eigenvalue weighted by atomic mass is 9.99. The minimum atomic E-state index is -0.270. The van der Waals surface area contributed by atoms with Crippen molar-refractivity contribution in [2.24, 2.45) is 0 Å². The Balaban J connectivity index is 1.90. The minimum absolute atomic E-state index is 0.0357. The number of carbonyl (C=O) groups excluding carboxylic acids is 1. The second kappa shape index (κ2) is 6.08.